The normalized spacial score (nSPS) is 12.3. The molecule has 0 radical (unpaired) electrons. The van der Waals surface area contributed by atoms with Crippen molar-refractivity contribution in [2.75, 3.05) is 12.4 Å². The molecule has 0 fully saturated rings. The van der Waals surface area contributed by atoms with E-state index in [1.165, 1.54) is 4.88 Å². The average molecular weight is 372 g/mol. The molecule has 0 spiro atoms. The highest BCUT2D eigenvalue weighted by Gasteiger charge is 2.16. The fraction of sp³-hybridized carbons (Fsp3) is 0.400. The molecule has 1 aromatic carbocycles. The van der Waals surface area contributed by atoms with E-state index < -0.39 is 0 Å². The molecule has 2 aromatic heterocycles. The predicted octanol–water partition coefficient (Wildman–Crippen LogP) is 4.50. The number of anilines is 1. The van der Waals surface area contributed by atoms with Crippen molar-refractivity contribution in [2.45, 2.75) is 40.2 Å². The number of benzene rings is 1. The van der Waals surface area contributed by atoms with Crippen molar-refractivity contribution >= 4 is 27.2 Å². The van der Waals surface area contributed by atoms with Crippen molar-refractivity contribution in [1.29, 1.82) is 0 Å². The highest BCUT2D eigenvalue weighted by molar-refractivity contribution is 7.18. The van der Waals surface area contributed by atoms with Crippen molar-refractivity contribution in [3.63, 3.8) is 0 Å². The zero-order chi connectivity index (χ0) is 18.7. The molecule has 2 heterocycles. The summed E-state index contributed by atoms with van der Waals surface area (Å²) in [4.78, 5) is 22.3. The van der Waals surface area contributed by atoms with Crippen LogP contribution in [0.3, 0.4) is 0 Å². The van der Waals surface area contributed by atoms with Crippen LogP contribution in [-0.2, 0) is 13.0 Å². The van der Waals surface area contributed by atoms with E-state index in [-0.39, 0.29) is 5.56 Å². The third-order valence-electron chi connectivity index (χ3n) is 4.71. The van der Waals surface area contributed by atoms with Crippen molar-refractivity contribution < 1.29 is 4.74 Å². The summed E-state index contributed by atoms with van der Waals surface area (Å²) in [5.74, 6) is 2.02. The number of hydrogen-bond donors (Lipinski definition) is 2. The molecule has 2 N–H and O–H groups in total. The summed E-state index contributed by atoms with van der Waals surface area (Å²) in [6, 6.07) is 7.67. The molecule has 6 heteroatoms. The summed E-state index contributed by atoms with van der Waals surface area (Å²) < 4.78 is 5.16. The second-order valence-electron chi connectivity index (χ2n) is 6.63. The zero-order valence-corrected chi connectivity index (χ0v) is 16.5. The number of aromatic nitrogens is 2. The number of nitrogens with one attached hydrogen (secondary N) is 2. The molecule has 0 amide bonds. The Kier molecular flexibility index (Phi) is 5.61. The van der Waals surface area contributed by atoms with Crippen molar-refractivity contribution in [3.8, 4) is 5.75 Å². The molecular formula is C20H25N3O2S. The van der Waals surface area contributed by atoms with Crippen LogP contribution in [0.2, 0.25) is 0 Å². The number of methoxy groups -OCH3 is 1. The number of ether oxygens (including phenoxy) is 1. The van der Waals surface area contributed by atoms with Crippen LogP contribution in [0.1, 0.15) is 36.5 Å². The Bertz CT molecular complexity index is 944. The molecule has 0 aliphatic rings. The van der Waals surface area contributed by atoms with Crippen LogP contribution in [-0.4, -0.2) is 17.1 Å². The SMILES string of the molecule is CCC(C)Cc1c(C)sc2nc(CNc3ccc(OC)cc3)[nH]c(=O)c12. The lowest BCUT2D eigenvalue weighted by molar-refractivity contribution is 0.415. The first-order valence-corrected chi connectivity index (χ1v) is 9.72. The lowest BCUT2D eigenvalue weighted by atomic mass is 9.98. The summed E-state index contributed by atoms with van der Waals surface area (Å²) in [7, 11) is 1.64. The van der Waals surface area contributed by atoms with Gasteiger partial charge >= 0.3 is 0 Å². The number of aryl methyl sites for hydroxylation is 1. The molecule has 0 bridgehead atoms. The van der Waals surface area contributed by atoms with Crippen molar-refractivity contribution in [1.82, 2.24) is 9.97 Å². The molecular weight excluding hydrogens is 346 g/mol. The Morgan fingerprint density at radius 3 is 2.69 bits per heavy atom. The zero-order valence-electron chi connectivity index (χ0n) is 15.7. The van der Waals surface area contributed by atoms with Crippen molar-refractivity contribution in [2.24, 2.45) is 5.92 Å². The number of H-pyrrole nitrogens is 1. The summed E-state index contributed by atoms with van der Waals surface area (Å²) >= 11 is 1.61. The minimum Gasteiger partial charge on any atom is -0.497 e. The van der Waals surface area contributed by atoms with Crippen LogP contribution in [0.25, 0.3) is 10.2 Å². The molecule has 1 atom stereocenters. The first-order valence-electron chi connectivity index (χ1n) is 8.90. The molecule has 3 aromatic rings. The van der Waals surface area contributed by atoms with Crippen LogP contribution in [0.5, 0.6) is 5.75 Å². The number of aromatic amines is 1. The largest absolute Gasteiger partial charge is 0.497 e. The average Bonchev–Trinajstić information content (AvgIpc) is 2.96. The number of thiophene rings is 1. The Balaban J connectivity index is 1.83. The summed E-state index contributed by atoms with van der Waals surface area (Å²) in [5, 5.41) is 4.05. The van der Waals surface area contributed by atoms with Crippen molar-refractivity contribution in [3.05, 3.63) is 50.9 Å². The summed E-state index contributed by atoms with van der Waals surface area (Å²) in [6.07, 6.45) is 2.03. The van der Waals surface area contributed by atoms with E-state index in [9.17, 15) is 4.79 Å². The van der Waals surface area contributed by atoms with Gasteiger partial charge in [0.05, 0.1) is 19.0 Å². The topological polar surface area (TPSA) is 67.0 Å². The lowest BCUT2D eigenvalue weighted by Gasteiger charge is -2.09. The minimum atomic E-state index is -0.0378. The molecule has 1 unspecified atom stereocenters. The van der Waals surface area contributed by atoms with Crippen LogP contribution >= 0.6 is 11.3 Å². The first kappa shape index (κ1) is 18.5. The molecule has 0 aliphatic carbocycles. The fourth-order valence-electron chi connectivity index (χ4n) is 2.94. The number of hydrogen-bond acceptors (Lipinski definition) is 5. The van der Waals surface area contributed by atoms with Gasteiger partial charge in [0.15, 0.2) is 0 Å². The van der Waals surface area contributed by atoms with Gasteiger partial charge in [0.25, 0.3) is 5.56 Å². The third-order valence-corrected chi connectivity index (χ3v) is 5.75. The molecule has 0 saturated heterocycles. The summed E-state index contributed by atoms with van der Waals surface area (Å²) in [6.45, 7) is 6.95. The van der Waals surface area contributed by atoms with E-state index in [0.717, 1.165) is 40.1 Å². The maximum atomic E-state index is 12.7. The lowest BCUT2D eigenvalue weighted by Crippen LogP contribution is -2.15. The monoisotopic (exact) mass is 371 g/mol. The first-order chi connectivity index (χ1) is 12.5. The fourth-order valence-corrected chi connectivity index (χ4v) is 4.01. The number of fused-ring (bicyclic) bond motifs is 1. The molecule has 5 nitrogen and oxygen atoms in total. The van der Waals surface area contributed by atoms with Crippen LogP contribution in [0.15, 0.2) is 29.1 Å². The highest BCUT2D eigenvalue weighted by Crippen LogP contribution is 2.29. The molecule has 26 heavy (non-hydrogen) atoms. The maximum absolute atomic E-state index is 12.7. The Labute approximate surface area is 157 Å². The third kappa shape index (κ3) is 3.90. The number of rotatable bonds is 7. The van der Waals surface area contributed by atoms with Gasteiger partial charge in [0.2, 0.25) is 0 Å². The molecule has 138 valence electrons. The van der Waals surface area contributed by atoms with Gasteiger partial charge in [-0.2, -0.15) is 0 Å². The predicted molar refractivity (Wildman–Crippen MR) is 108 cm³/mol. The van der Waals surface area contributed by atoms with Crippen LogP contribution in [0, 0.1) is 12.8 Å². The van der Waals surface area contributed by atoms with Crippen LogP contribution in [0.4, 0.5) is 5.69 Å². The Hall–Kier alpha value is -2.34. The summed E-state index contributed by atoms with van der Waals surface area (Å²) in [5.41, 5.74) is 2.07. The van der Waals surface area contributed by atoms with Gasteiger partial charge in [-0.15, -0.1) is 11.3 Å². The van der Waals surface area contributed by atoms with Gasteiger partial charge < -0.3 is 15.0 Å². The molecule has 3 rings (SSSR count). The van der Waals surface area contributed by atoms with E-state index in [0.29, 0.717) is 18.3 Å². The molecule has 0 saturated carbocycles. The van der Waals surface area contributed by atoms with Gasteiger partial charge in [-0.3, -0.25) is 4.79 Å². The quantitative estimate of drug-likeness (QED) is 0.641. The van der Waals surface area contributed by atoms with Gasteiger partial charge in [0.1, 0.15) is 16.4 Å². The maximum Gasteiger partial charge on any atom is 0.259 e. The molecule has 0 aliphatic heterocycles. The second kappa shape index (κ2) is 7.91. The van der Waals surface area contributed by atoms with E-state index >= 15 is 0 Å². The van der Waals surface area contributed by atoms with Gasteiger partial charge in [-0.25, -0.2) is 4.98 Å². The standard InChI is InChI=1S/C20H25N3O2S/c1-5-12(2)10-16-13(3)26-20-18(16)19(24)22-17(23-20)11-21-14-6-8-15(25-4)9-7-14/h6-9,12,21H,5,10-11H2,1-4H3,(H,22,23,24). The Morgan fingerprint density at radius 2 is 2.04 bits per heavy atom. The Morgan fingerprint density at radius 1 is 1.31 bits per heavy atom. The number of nitrogens with zero attached hydrogens (tertiary/aromatic N) is 1. The van der Waals surface area contributed by atoms with Gasteiger partial charge in [0, 0.05) is 10.6 Å². The van der Waals surface area contributed by atoms with E-state index in [1.807, 2.05) is 24.3 Å². The smallest absolute Gasteiger partial charge is 0.259 e. The van der Waals surface area contributed by atoms with E-state index in [4.69, 9.17) is 4.74 Å². The minimum absolute atomic E-state index is 0.0378. The van der Waals surface area contributed by atoms with Gasteiger partial charge in [-0.1, -0.05) is 20.3 Å². The van der Waals surface area contributed by atoms with Gasteiger partial charge in [-0.05, 0) is 49.1 Å². The highest BCUT2D eigenvalue weighted by atomic mass is 32.1. The van der Waals surface area contributed by atoms with Crippen LogP contribution < -0.4 is 15.6 Å². The second-order valence-corrected chi connectivity index (χ2v) is 7.83. The van der Waals surface area contributed by atoms with E-state index in [2.05, 4.69) is 36.1 Å². The van der Waals surface area contributed by atoms with E-state index in [1.54, 1.807) is 18.4 Å².